The van der Waals surface area contributed by atoms with Crippen LogP contribution in [0, 0.1) is 0 Å². The smallest absolute Gasteiger partial charge is 0.319 e. The number of hydrogen-bond acceptors (Lipinski definition) is 4. The second kappa shape index (κ2) is 7.99. The third kappa shape index (κ3) is 4.13. The molecule has 0 saturated carbocycles. The Balaban J connectivity index is 1.63. The van der Waals surface area contributed by atoms with Gasteiger partial charge in [0, 0.05) is 31.8 Å². The average molecular weight is 369 g/mol. The van der Waals surface area contributed by atoms with Gasteiger partial charge >= 0.3 is 6.03 Å². The Morgan fingerprint density at radius 3 is 2.63 bits per heavy atom. The Labute approximate surface area is 158 Å². The van der Waals surface area contributed by atoms with Gasteiger partial charge in [-0.3, -0.25) is 4.79 Å². The van der Waals surface area contributed by atoms with Crippen LogP contribution in [-0.2, 0) is 17.8 Å². The number of anilines is 2. The van der Waals surface area contributed by atoms with Gasteiger partial charge in [0.25, 0.3) is 0 Å². The lowest BCUT2D eigenvalue weighted by Gasteiger charge is -2.15. The van der Waals surface area contributed by atoms with Crippen LogP contribution in [0.25, 0.3) is 0 Å². The number of methoxy groups -OCH3 is 2. The quantitative estimate of drug-likeness (QED) is 0.849. The number of nitrogens with zero attached hydrogens (tertiary/aromatic N) is 1. The summed E-state index contributed by atoms with van der Waals surface area (Å²) in [5, 5.41) is 5.61. The van der Waals surface area contributed by atoms with E-state index in [0.717, 1.165) is 23.2 Å². The number of carbonyl (C=O) groups is 2. The van der Waals surface area contributed by atoms with E-state index in [0.29, 0.717) is 30.3 Å². The minimum Gasteiger partial charge on any atom is -0.497 e. The highest BCUT2D eigenvalue weighted by Crippen LogP contribution is 2.30. The monoisotopic (exact) mass is 369 g/mol. The normalized spacial score (nSPS) is 12.3. The van der Waals surface area contributed by atoms with Crippen molar-refractivity contribution in [3.05, 3.63) is 47.5 Å². The highest BCUT2D eigenvalue weighted by molar-refractivity contribution is 5.94. The molecule has 2 aromatic carbocycles. The summed E-state index contributed by atoms with van der Waals surface area (Å²) in [6, 6.07) is 10.7. The van der Waals surface area contributed by atoms with Crippen molar-refractivity contribution in [3.8, 4) is 11.5 Å². The van der Waals surface area contributed by atoms with Gasteiger partial charge in [0.05, 0.1) is 19.9 Å². The molecule has 0 saturated heterocycles. The molecule has 7 nitrogen and oxygen atoms in total. The molecule has 3 amide bonds. The summed E-state index contributed by atoms with van der Waals surface area (Å²) >= 11 is 0. The van der Waals surface area contributed by atoms with Crippen LogP contribution in [0.15, 0.2) is 36.4 Å². The van der Waals surface area contributed by atoms with Gasteiger partial charge in [-0.2, -0.15) is 0 Å². The van der Waals surface area contributed by atoms with Crippen molar-refractivity contribution in [3.63, 3.8) is 0 Å². The Kier molecular flexibility index (Phi) is 5.49. The summed E-state index contributed by atoms with van der Waals surface area (Å²) < 4.78 is 10.4. The van der Waals surface area contributed by atoms with Crippen LogP contribution in [-0.4, -0.2) is 32.7 Å². The number of nitrogens with one attached hydrogen (secondary N) is 2. The Hall–Kier alpha value is -3.22. The van der Waals surface area contributed by atoms with Crippen LogP contribution < -0.4 is 25.0 Å². The Morgan fingerprint density at radius 1 is 1.11 bits per heavy atom. The number of fused-ring (bicyclic) bond motifs is 1. The van der Waals surface area contributed by atoms with E-state index in [4.69, 9.17) is 9.47 Å². The van der Waals surface area contributed by atoms with Gasteiger partial charge in [-0.1, -0.05) is 12.1 Å². The zero-order valence-electron chi connectivity index (χ0n) is 15.7. The van der Waals surface area contributed by atoms with Gasteiger partial charge in [-0.15, -0.1) is 0 Å². The largest absolute Gasteiger partial charge is 0.497 e. The topological polar surface area (TPSA) is 79.9 Å². The third-order valence-electron chi connectivity index (χ3n) is 4.53. The number of carbonyl (C=O) groups excluding carboxylic acids is 2. The summed E-state index contributed by atoms with van der Waals surface area (Å²) in [5.41, 5.74) is 3.59. The summed E-state index contributed by atoms with van der Waals surface area (Å²) in [4.78, 5) is 25.7. The van der Waals surface area contributed by atoms with E-state index in [1.54, 1.807) is 44.2 Å². The Bertz CT molecular complexity index is 866. The molecule has 0 aliphatic carbocycles. The number of hydrogen-bond donors (Lipinski definition) is 2. The van der Waals surface area contributed by atoms with Crippen LogP contribution in [0.5, 0.6) is 11.5 Å². The van der Waals surface area contributed by atoms with Crippen LogP contribution in [0.3, 0.4) is 0 Å². The van der Waals surface area contributed by atoms with Crippen molar-refractivity contribution in [2.75, 3.05) is 31.0 Å². The molecule has 2 aromatic rings. The molecule has 0 bridgehead atoms. The first-order valence-electron chi connectivity index (χ1n) is 8.68. The maximum atomic E-state index is 12.3. The zero-order chi connectivity index (χ0) is 19.4. The van der Waals surface area contributed by atoms with Gasteiger partial charge in [0.15, 0.2) is 0 Å². The average Bonchev–Trinajstić information content (AvgIpc) is 3.09. The van der Waals surface area contributed by atoms with Crippen molar-refractivity contribution in [1.29, 1.82) is 0 Å². The van der Waals surface area contributed by atoms with Crippen molar-refractivity contribution in [2.24, 2.45) is 0 Å². The predicted molar refractivity (Wildman–Crippen MR) is 104 cm³/mol. The summed E-state index contributed by atoms with van der Waals surface area (Å²) in [6.07, 6.45) is 0.829. The van der Waals surface area contributed by atoms with Crippen molar-refractivity contribution in [1.82, 2.24) is 5.32 Å². The standard InChI is InChI=1S/C20H23N3O4/c1-13(24)23-9-8-15-10-14(4-6-18(15)23)12-21-20(25)22-17-11-16(26-2)5-7-19(17)27-3/h4-7,10-11H,8-9,12H2,1-3H3,(H2,21,22,25). The van der Waals surface area contributed by atoms with Gasteiger partial charge in [0.1, 0.15) is 11.5 Å². The van der Waals surface area contributed by atoms with Gasteiger partial charge in [0.2, 0.25) is 5.91 Å². The lowest BCUT2D eigenvalue weighted by molar-refractivity contribution is -0.116. The molecule has 1 aliphatic heterocycles. The molecule has 0 radical (unpaired) electrons. The highest BCUT2D eigenvalue weighted by atomic mass is 16.5. The summed E-state index contributed by atoms with van der Waals surface area (Å²) in [5.74, 6) is 1.22. The molecule has 1 heterocycles. The number of urea groups is 1. The summed E-state index contributed by atoms with van der Waals surface area (Å²) in [7, 11) is 3.10. The second-order valence-electron chi connectivity index (χ2n) is 6.26. The van der Waals surface area contributed by atoms with Crippen molar-refractivity contribution in [2.45, 2.75) is 19.9 Å². The van der Waals surface area contributed by atoms with Crippen LogP contribution in [0.4, 0.5) is 16.2 Å². The number of rotatable bonds is 5. The van der Waals surface area contributed by atoms with Crippen LogP contribution in [0.1, 0.15) is 18.1 Å². The molecular weight excluding hydrogens is 346 g/mol. The van der Waals surface area contributed by atoms with Crippen molar-refractivity contribution >= 4 is 23.3 Å². The first-order valence-corrected chi connectivity index (χ1v) is 8.68. The minimum absolute atomic E-state index is 0.0474. The Morgan fingerprint density at radius 2 is 1.93 bits per heavy atom. The maximum Gasteiger partial charge on any atom is 0.319 e. The van der Waals surface area contributed by atoms with E-state index in [-0.39, 0.29) is 11.9 Å². The van der Waals surface area contributed by atoms with Gasteiger partial charge in [-0.25, -0.2) is 4.79 Å². The molecule has 0 fully saturated rings. The number of amides is 3. The first kappa shape index (κ1) is 18.6. The van der Waals surface area contributed by atoms with Crippen molar-refractivity contribution < 1.29 is 19.1 Å². The third-order valence-corrected chi connectivity index (χ3v) is 4.53. The lowest BCUT2D eigenvalue weighted by Crippen LogP contribution is -2.28. The van der Waals surface area contributed by atoms with Gasteiger partial charge < -0.3 is 25.0 Å². The fourth-order valence-corrected chi connectivity index (χ4v) is 3.15. The molecule has 2 N–H and O–H groups in total. The first-order chi connectivity index (χ1) is 13.0. The molecular formula is C20H23N3O4. The predicted octanol–water partition coefficient (Wildman–Crippen LogP) is 2.93. The number of benzene rings is 2. The molecule has 142 valence electrons. The molecule has 27 heavy (non-hydrogen) atoms. The number of ether oxygens (including phenoxy) is 2. The highest BCUT2D eigenvalue weighted by Gasteiger charge is 2.22. The van der Waals surface area contributed by atoms with E-state index in [2.05, 4.69) is 10.6 Å². The van der Waals surface area contributed by atoms with E-state index in [1.807, 2.05) is 18.2 Å². The van der Waals surface area contributed by atoms with E-state index < -0.39 is 0 Å². The van der Waals surface area contributed by atoms with Crippen LogP contribution in [0.2, 0.25) is 0 Å². The fourth-order valence-electron chi connectivity index (χ4n) is 3.15. The molecule has 0 aromatic heterocycles. The molecule has 0 unspecified atom stereocenters. The second-order valence-corrected chi connectivity index (χ2v) is 6.26. The molecule has 1 aliphatic rings. The molecule has 0 atom stereocenters. The maximum absolute atomic E-state index is 12.3. The summed E-state index contributed by atoms with van der Waals surface area (Å²) in [6.45, 7) is 2.66. The lowest BCUT2D eigenvalue weighted by atomic mass is 10.1. The molecule has 0 spiro atoms. The van der Waals surface area contributed by atoms with E-state index >= 15 is 0 Å². The van der Waals surface area contributed by atoms with Gasteiger partial charge in [-0.05, 0) is 35.7 Å². The van der Waals surface area contributed by atoms with E-state index in [9.17, 15) is 9.59 Å². The van der Waals surface area contributed by atoms with E-state index in [1.165, 1.54) is 0 Å². The minimum atomic E-state index is -0.340. The zero-order valence-corrected chi connectivity index (χ0v) is 15.7. The fraction of sp³-hybridized carbons (Fsp3) is 0.300. The molecule has 3 rings (SSSR count). The molecule has 7 heteroatoms. The van der Waals surface area contributed by atoms with Crippen LogP contribution >= 0.6 is 0 Å². The SMILES string of the molecule is COc1ccc(OC)c(NC(=O)NCc2ccc3c(c2)CCN3C(C)=O)c1.